The molecular formula is C23H28N6O6. The van der Waals surface area contributed by atoms with Crippen LogP contribution in [0.5, 0.6) is 5.88 Å². The molecule has 2 aromatic heterocycles. The average Bonchev–Trinajstić information content (AvgIpc) is 3.53. The molecule has 35 heavy (non-hydrogen) atoms. The molecule has 186 valence electrons. The number of nitro benzene ring substituents is 1. The first-order valence-corrected chi connectivity index (χ1v) is 11.7. The van der Waals surface area contributed by atoms with Crippen LogP contribution in [0, 0.1) is 17.0 Å². The zero-order valence-corrected chi connectivity index (χ0v) is 19.5. The van der Waals surface area contributed by atoms with Gasteiger partial charge in [-0.1, -0.05) is 12.8 Å². The van der Waals surface area contributed by atoms with E-state index in [1.807, 2.05) is 0 Å². The Labute approximate surface area is 201 Å². The topological polar surface area (TPSA) is 158 Å². The van der Waals surface area contributed by atoms with Crippen LogP contribution in [0.3, 0.4) is 0 Å². The highest BCUT2D eigenvalue weighted by molar-refractivity contribution is 5.79. The van der Waals surface area contributed by atoms with Crippen LogP contribution in [0.4, 0.5) is 11.6 Å². The number of aromatic nitrogens is 4. The molecule has 0 radical (unpaired) electrons. The van der Waals surface area contributed by atoms with Crippen LogP contribution >= 0.6 is 0 Å². The molecule has 1 aliphatic carbocycles. The maximum absolute atomic E-state index is 11.1. The summed E-state index contributed by atoms with van der Waals surface area (Å²) in [7, 11) is 0. The largest absolute Gasteiger partial charge is 0.471 e. The molecule has 0 unspecified atom stereocenters. The molecule has 2 aliphatic rings. The van der Waals surface area contributed by atoms with Gasteiger partial charge >= 0.3 is 0 Å². The number of aliphatic hydroxyl groups excluding tert-OH is 2. The number of nitro groups is 1. The molecule has 2 fully saturated rings. The standard InChI is InChI=1S/C23H28N6O6/c1-12-9-14(7-8-16(12)29(32)33)10-34-21-17-20(24-11-25-21)28(22-19(31)18(30)13(2)35-22)23(27-17)26-15-5-3-4-6-15/h7-9,11,13,15,18-19,22,30-31H,3-6,10H2,1-2H3,(H,26,27)/t13-,18-,19-,22-/m1/s1. The van der Waals surface area contributed by atoms with Gasteiger partial charge in [0.2, 0.25) is 11.8 Å². The monoisotopic (exact) mass is 484 g/mol. The van der Waals surface area contributed by atoms with Crippen molar-refractivity contribution in [3.05, 3.63) is 45.8 Å². The molecule has 0 spiro atoms. The van der Waals surface area contributed by atoms with E-state index in [4.69, 9.17) is 14.5 Å². The quantitative estimate of drug-likeness (QED) is 0.336. The minimum atomic E-state index is -1.16. The summed E-state index contributed by atoms with van der Waals surface area (Å²) in [5.41, 5.74) is 2.12. The van der Waals surface area contributed by atoms with Gasteiger partial charge in [0.25, 0.3) is 5.69 Å². The Hall–Kier alpha value is -3.35. The summed E-state index contributed by atoms with van der Waals surface area (Å²) in [6.07, 6.45) is 1.96. The number of hydrogen-bond donors (Lipinski definition) is 3. The Morgan fingerprint density at radius 3 is 2.69 bits per heavy atom. The van der Waals surface area contributed by atoms with E-state index in [0.29, 0.717) is 22.7 Å². The van der Waals surface area contributed by atoms with Crippen LogP contribution < -0.4 is 10.1 Å². The summed E-state index contributed by atoms with van der Waals surface area (Å²) in [5.74, 6) is 0.703. The number of rotatable bonds is 7. The maximum Gasteiger partial charge on any atom is 0.272 e. The number of aryl methyl sites for hydroxylation is 1. The minimum absolute atomic E-state index is 0.0473. The molecule has 12 nitrogen and oxygen atoms in total. The van der Waals surface area contributed by atoms with Crippen molar-refractivity contribution in [2.45, 2.75) is 76.7 Å². The van der Waals surface area contributed by atoms with Crippen LogP contribution in [0.25, 0.3) is 11.2 Å². The predicted molar refractivity (Wildman–Crippen MR) is 125 cm³/mol. The fraction of sp³-hybridized carbons (Fsp3) is 0.522. The molecule has 0 bridgehead atoms. The molecule has 5 rings (SSSR count). The van der Waals surface area contributed by atoms with E-state index < -0.39 is 29.5 Å². The van der Waals surface area contributed by atoms with Crippen molar-refractivity contribution in [2.24, 2.45) is 0 Å². The first-order valence-electron chi connectivity index (χ1n) is 11.7. The van der Waals surface area contributed by atoms with Crippen LogP contribution in [0.15, 0.2) is 24.5 Å². The van der Waals surface area contributed by atoms with Gasteiger partial charge in [-0.25, -0.2) is 9.97 Å². The third kappa shape index (κ3) is 4.40. The second-order valence-corrected chi connectivity index (χ2v) is 9.16. The number of fused-ring (bicyclic) bond motifs is 1. The minimum Gasteiger partial charge on any atom is -0.471 e. The number of aliphatic hydroxyl groups is 2. The number of hydrogen-bond acceptors (Lipinski definition) is 10. The second-order valence-electron chi connectivity index (χ2n) is 9.16. The van der Waals surface area contributed by atoms with Crippen molar-refractivity contribution in [2.75, 3.05) is 5.32 Å². The van der Waals surface area contributed by atoms with Crippen molar-refractivity contribution in [3.8, 4) is 5.88 Å². The van der Waals surface area contributed by atoms with Gasteiger partial charge in [0.05, 0.1) is 11.0 Å². The third-order valence-corrected chi connectivity index (χ3v) is 6.70. The average molecular weight is 485 g/mol. The Bertz CT molecular complexity index is 1240. The van der Waals surface area contributed by atoms with Gasteiger partial charge in [-0.05, 0) is 44.4 Å². The molecule has 3 N–H and O–H groups in total. The van der Waals surface area contributed by atoms with Crippen molar-refractivity contribution in [1.29, 1.82) is 0 Å². The highest BCUT2D eigenvalue weighted by atomic mass is 16.6. The second kappa shape index (κ2) is 9.36. The summed E-state index contributed by atoms with van der Waals surface area (Å²) < 4.78 is 13.5. The normalized spacial score (nSPS) is 24.8. The van der Waals surface area contributed by atoms with Crippen molar-refractivity contribution >= 4 is 22.8 Å². The first-order chi connectivity index (χ1) is 16.8. The molecule has 3 heterocycles. The Morgan fingerprint density at radius 2 is 2.03 bits per heavy atom. The van der Waals surface area contributed by atoms with E-state index in [0.717, 1.165) is 31.2 Å². The van der Waals surface area contributed by atoms with Gasteiger partial charge in [-0.2, -0.15) is 4.98 Å². The maximum atomic E-state index is 11.1. The zero-order valence-electron chi connectivity index (χ0n) is 19.5. The van der Waals surface area contributed by atoms with Gasteiger partial charge in [-0.15, -0.1) is 0 Å². The zero-order chi connectivity index (χ0) is 24.7. The third-order valence-electron chi connectivity index (χ3n) is 6.70. The van der Waals surface area contributed by atoms with Gasteiger partial charge in [0.15, 0.2) is 17.4 Å². The van der Waals surface area contributed by atoms with E-state index in [-0.39, 0.29) is 24.2 Å². The number of ether oxygens (including phenoxy) is 2. The van der Waals surface area contributed by atoms with Gasteiger partial charge in [-0.3, -0.25) is 14.7 Å². The lowest BCUT2D eigenvalue weighted by atomic mass is 10.1. The van der Waals surface area contributed by atoms with Crippen molar-refractivity contribution in [1.82, 2.24) is 19.5 Å². The predicted octanol–water partition coefficient (Wildman–Crippen LogP) is 2.62. The highest BCUT2D eigenvalue weighted by Crippen LogP contribution is 2.37. The summed E-state index contributed by atoms with van der Waals surface area (Å²) in [6.45, 7) is 3.50. The molecule has 0 amide bonds. The molecule has 1 saturated heterocycles. The summed E-state index contributed by atoms with van der Waals surface area (Å²) in [5, 5.41) is 35.5. The highest BCUT2D eigenvalue weighted by Gasteiger charge is 2.43. The van der Waals surface area contributed by atoms with Gasteiger partial charge in [0.1, 0.15) is 25.1 Å². The first kappa shape index (κ1) is 23.4. The molecule has 1 aliphatic heterocycles. The van der Waals surface area contributed by atoms with Crippen LogP contribution in [0.1, 0.15) is 50.0 Å². The smallest absolute Gasteiger partial charge is 0.272 e. The summed E-state index contributed by atoms with van der Waals surface area (Å²) >= 11 is 0. The molecular weight excluding hydrogens is 456 g/mol. The van der Waals surface area contributed by atoms with Crippen LogP contribution in [0.2, 0.25) is 0 Å². The van der Waals surface area contributed by atoms with Gasteiger partial charge < -0.3 is 25.0 Å². The van der Waals surface area contributed by atoms with E-state index in [2.05, 4.69) is 15.3 Å². The Kier molecular flexibility index (Phi) is 6.26. The SMILES string of the molecule is Cc1cc(COc2ncnc3c2nc(NC2CCCC2)n3[C@@H]2O[C@H](C)[C@@H](O)[C@H]2O)ccc1[N+](=O)[O-]. The van der Waals surface area contributed by atoms with E-state index in [9.17, 15) is 20.3 Å². The molecule has 1 aromatic carbocycles. The molecule has 4 atom stereocenters. The van der Waals surface area contributed by atoms with Crippen LogP contribution in [-0.2, 0) is 11.3 Å². The lowest BCUT2D eigenvalue weighted by molar-refractivity contribution is -0.385. The number of anilines is 1. The fourth-order valence-electron chi connectivity index (χ4n) is 4.79. The van der Waals surface area contributed by atoms with Crippen LogP contribution in [-0.4, -0.2) is 59.0 Å². The number of benzene rings is 1. The van der Waals surface area contributed by atoms with E-state index >= 15 is 0 Å². The van der Waals surface area contributed by atoms with Gasteiger partial charge in [0, 0.05) is 17.7 Å². The molecule has 1 saturated carbocycles. The number of nitrogens with zero attached hydrogens (tertiary/aromatic N) is 5. The molecule has 12 heteroatoms. The molecule has 3 aromatic rings. The summed E-state index contributed by atoms with van der Waals surface area (Å²) in [4.78, 5) is 24.0. The Balaban J connectivity index is 1.48. The number of nitrogens with one attached hydrogen (secondary N) is 1. The Morgan fingerprint density at radius 1 is 1.26 bits per heavy atom. The van der Waals surface area contributed by atoms with E-state index in [1.165, 1.54) is 12.4 Å². The lowest BCUT2D eigenvalue weighted by Gasteiger charge is -2.21. The summed E-state index contributed by atoms with van der Waals surface area (Å²) in [6, 6.07) is 5.02. The fourth-order valence-corrected chi connectivity index (χ4v) is 4.79. The number of imidazole rings is 1. The van der Waals surface area contributed by atoms with Crippen molar-refractivity contribution in [3.63, 3.8) is 0 Å². The lowest BCUT2D eigenvalue weighted by Crippen LogP contribution is -2.31. The van der Waals surface area contributed by atoms with Crippen molar-refractivity contribution < 1.29 is 24.6 Å². The van der Waals surface area contributed by atoms with E-state index in [1.54, 1.807) is 30.5 Å².